The van der Waals surface area contributed by atoms with E-state index in [4.69, 9.17) is 25.8 Å². The molecule has 2 aliphatic heterocycles. The molecular formula is C45H51ClN4O5. The average molecular weight is 763 g/mol. The number of anilines is 1. The minimum absolute atomic E-state index is 0.0392. The number of hydrogen-bond donors (Lipinski definition) is 2. The molecule has 2 fully saturated rings. The van der Waals surface area contributed by atoms with Crippen LogP contribution in [-0.4, -0.2) is 63.4 Å². The molecule has 4 heterocycles. The van der Waals surface area contributed by atoms with Crippen molar-refractivity contribution in [2.75, 3.05) is 25.0 Å². The van der Waals surface area contributed by atoms with Crippen LogP contribution in [0.25, 0.3) is 0 Å². The summed E-state index contributed by atoms with van der Waals surface area (Å²) in [7, 11) is 0. The number of carbonyl (C=O) groups is 1. The van der Waals surface area contributed by atoms with E-state index in [0.717, 1.165) is 80.4 Å². The summed E-state index contributed by atoms with van der Waals surface area (Å²) in [5, 5.41) is 14.7. The van der Waals surface area contributed by atoms with Gasteiger partial charge in [0.1, 0.15) is 23.5 Å². The van der Waals surface area contributed by atoms with Crippen molar-refractivity contribution in [3.63, 3.8) is 0 Å². The number of pyridine rings is 2. The maximum Gasteiger partial charge on any atom is 0.329 e. The topological polar surface area (TPSA) is 106 Å². The molecule has 3 aliphatic carbocycles. The number of halogens is 1. The lowest BCUT2D eigenvalue weighted by atomic mass is 9.59. The molecule has 9 nitrogen and oxygen atoms in total. The van der Waals surface area contributed by atoms with E-state index in [1.54, 1.807) is 0 Å². The summed E-state index contributed by atoms with van der Waals surface area (Å²) < 4.78 is 20.1. The van der Waals surface area contributed by atoms with Gasteiger partial charge in [-0.2, -0.15) is 0 Å². The molecule has 4 aromatic rings. The molecule has 10 heteroatoms. The molecule has 55 heavy (non-hydrogen) atoms. The van der Waals surface area contributed by atoms with E-state index >= 15 is 0 Å². The minimum atomic E-state index is -1.09. The fourth-order valence-electron chi connectivity index (χ4n) is 10.5. The van der Waals surface area contributed by atoms with Crippen LogP contribution < -0.4 is 19.5 Å². The van der Waals surface area contributed by atoms with Gasteiger partial charge in [0.25, 0.3) is 0 Å². The monoisotopic (exact) mass is 762 g/mol. The number of nitrogens with one attached hydrogen (secondary N) is 1. The Hall–Kier alpha value is -4.34. The number of likely N-dealkylation sites (tertiary alicyclic amines) is 1. The van der Waals surface area contributed by atoms with Gasteiger partial charge in [-0.3, -0.25) is 14.9 Å². The van der Waals surface area contributed by atoms with Crippen molar-refractivity contribution in [3.05, 3.63) is 106 Å². The Kier molecular flexibility index (Phi) is 9.66. The van der Waals surface area contributed by atoms with E-state index in [1.807, 2.05) is 54.9 Å². The van der Waals surface area contributed by atoms with Gasteiger partial charge in [0.2, 0.25) is 0 Å². The second kappa shape index (κ2) is 14.6. The molecule has 0 radical (unpaired) electrons. The largest absolute Gasteiger partial charge is 0.493 e. The SMILES string of the molecule is C[C@@H](COc1ccnc2c1[C@H](C)CCC2)C[C@H]1Cc2cc3c(cc2C12CCC(Nc1cccc(Cl)c1)(C(=O)O)CC2)O[C@@H]1CN(Cc2ccccn2)C[C@@H]1O3. The molecule has 0 unspecified atom stereocenters. The third-order valence-electron chi connectivity index (χ3n) is 13.3. The summed E-state index contributed by atoms with van der Waals surface area (Å²) in [4.78, 5) is 24.7. The van der Waals surface area contributed by atoms with Crippen LogP contribution in [0, 0.1) is 11.8 Å². The first-order chi connectivity index (χ1) is 26.7. The number of nitrogens with zero attached hydrogens (tertiary/aromatic N) is 3. The highest BCUT2D eigenvalue weighted by atomic mass is 35.5. The van der Waals surface area contributed by atoms with Crippen molar-refractivity contribution in [2.24, 2.45) is 11.8 Å². The number of carboxylic acid groups (broad SMARTS) is 1. The maximum absolute atomic E-state index is 13.1. The lowest BCUT2D eigenvalue weighted by Gasteiger charge is -2.47. The second-order valence-corrected chi connectivity index (χ2v) is 17.4. The first kappa shape index (κ1) is 36.3. The van der Waals surface area contributed by atoms with Crippen molar-refractivity contribution in [1.82, 2.24) is 14.9 Å². The molecule has 0 amide bonds. The number of rotatable bonds is 10. The number of fused-ring (bicyclic) bond motifs is 5. The predicted molar refractivity (Wildman–Crippen MR) is 212 cm³/mol. The first-order valence-corrected chi connectivity index (χ1v) is 20.6. The lowest BCUT2D eigenvalue weighted by molar-refractivity contribution is -0.144. The number of benzene rings is 2. The van der Waals surface area contributed by atoms with Gasteiger partial charge in [-0.05, 0) is 141 Å². The minimum Gasteiger partial charge on any atom is -0.493 e. The van der Waals surface area contributed by atoms with E-state index in [0.29, 0.717) is 42.2 Å². The quantitative estimate of drug-likeness (QED) is 0.164. The van der Waals surface area contributed by atoms with Crippen LogP contribution in [0.5, 0.6) is 17.2 Å². The molecule has 5 atom stereocenters. The van der Waals surface area contributed by atoms with Crippen LogP contribution in [0.2, 0.25) is 5.02 Å². The van der Waals surface area contributed by atoms with E-state index < -0.39 is 11.5 Å². The van der Waals surface area contributed by atoms with Crippen molar-refractivity contribution in [2.45, 2.75) is 107 Å². The van der Waals surface area contributed by atoms with Crippen molar-refractivity contribution in [1.29, 1.82) is 0 Å². The van der Waals surface area contributed by atoms with Crippen LogP contribution >= 0.6 is 11.6 Å². The lowest BCUT2D eigenvalue weighted by Crippen LogP contribution is -2.53. The zero-order valence-corrected chi connectivity index (χ0v) is 32.6. The summed E-state index contributed by atoms with van der Waals surface area (Å²) in [6.07, 6.45) is 11.4. The average Bonchev–Trinajstić information content (AvgIpc) is 3.69. The number of aromatic nitrogens is 2. The van der Waals surface area contributed by atoms with E-state index in [9.17, 15) is 9.90 Å². The Bertz CT molecular complexity index is 2050. The highest BCUT2D eigenvalue weighted by Crippen LogP contribution is 2.58. The highest BCUT2D eigenvalue weighted by Gasteiger charge is 2.55. The standard InChI is InChI=1S/C45H51ClN4O5/c1-28(27-53-37-12-18-48-36-11-5-7-29(2)42(36)37)19-31-20-30-21-38-39(55-41-26-50(25-40(41)54-38)24-34-9-3-4-17-47-34)23-35(30)44(31)13-15-45(16-14-44,43(51)52)49-33-10-6-8-32(46)22-33/h3-4,6,8-10,12,17-18,21-23,28-29,31,40-41,49H,5,7,11,13-16,19-20,24-27H2,1-2H3,(H,51,52)/t28-,29-,31+,40+,41-,44?,45?/m1/s1. The third-order valence-corrected chi connectivity index (χ3v) is 13.5. The van der Waals surface area contributed by atoms with Crippen LogP contribution in [0.1, 0.15) is 92.8 Å². The molecule has 2 aromatic carbocycles. The Morgan fingerprint density at radius 1 is 1.02 bits per heavy atom. The van der Waals surface area contributed by atoms with Gasteiger partial charge in [-0.15, -0.1) is 0 Å². The van der Waals surface area contributed by atoms with Gasteiger partial charge in [-0.25, -0.2) is 4.79 Å². The number of aryl methyl sites for hydroxylation is 1. The van der Waals surface area contributed by atoms with E-state index in [2.05, 4.69) is 52.2 Å². The summed E-state index contributed by atoms with van der Waals surface area (Å²) in [6.45, 7) is 7.54. The fraction of sp³-hybridized carbons (Fsp3) is 0.489. The molecule has 1 saturated carbocycles. The van der Waals surface area contributed by atoms with Crippen LogP contribution in [0.15, 0.2) is 73.1 Å². The number of ether oxygens (including phenoxy) is 3. The van der Waals surface area contributed by atoms with Crippen molar-refractivity contribution in [3.8, 4) is 17.2 Å². The van der Waals surface area contributed by atoms with Gasteiger partial charge in [0.15, 0.2) is 11.5 Å². The van der Waals surface area contributed by atoms with Gasteiger partial charge < -0.3 is 24.6 Å². The summed E-state index contributed by atoms with van der Waals surface area (Å²) in [5.74, 6) is 2.85. The zero-order valence-electron chi connectivity index (χ0n) is 31.8. The van der Waals surface area contributed by atoms with Crippen LogP contribution in [-0.2, 0) is 29.6 Å². The zero-order chi connectivity index (χ0) is 37.7. The van der Waals surface area contributed by atoms with Crippen LogP contribution in [0.3, 0.4) is 0 Å². The smallest absolute Gasteiger partial charge is 0.329 e. The summed E-state index contributed by atoms with van der Waals surface area (Å²) >= 11 is 6.32. The molecule has 9 rings (SSSR count). The summed E-state index contributed by atoms with van der Waals surface area (Å²) in [5.41, 5.74) is 5.55. The number of carboxylic acids is 1. The van der Waals surface area contributed by atoms with Crippen molar-refractivity contribution < 1.29 is 24.1 Å². The molecule has 1 saturated heterocycles. The summed E-state index contributed by atoms with van der Waals surface area (Å²) in [6, 6.07) is 19.9. The molecule has 0 bridgehead atoms. The Labute approximate surface area is 328 Å². The van der Waals surface area contributed by atoms with Crippen LogP contribution in [0.4, 0.5) is 5.69 Å². The Morgan fingerprint density at radius 2 is 1.82 bits per heavy atom. The number of hydrogen-bond acceptors (Lipinski definition) is 8. The predicted octanol–water partition coefficient (Wildman–Crippen LogP) is 8.62. The first-order valence-electron chi connectivity index (χ1n) is 20.2. The Morgan fingerprint density at radius 3 is 2.56 bits per heavy atom. The van der Waals surface area contributed by atoms with Gasteiger partial charge in [0, 0.05) is 54.0 Å². The maximum atomic E-state index is 13.1. The highest BCUT2D eigenvalue weighted by molar-refractivity contribution is 6.30. The number of aliphatic carboxylic acids is 1. The molecule has 5 aliphatic rings. The molecule has 288 valence electrons. The molecule has 2 aromatic heterocycles. The molecular weight excluding hydrogens is 712 g/mol. The van der Waals surface area contributed by atoms with Gasteiger partial charge in [-0.1, -0.05) is 37.6 Å². The molecule has 1 spiro atoms. The van der Waals surface area contributed by atoms with Crippen molar-refractivity contribution >= 4 is 23.3 Å². The second-order valence-electron chi connectivity index (χ2n) is 17.0. The van der Waals surface area contributed by atoms with Gasteiger partial charge in [0.05, 0.1) is 12.3 Å². The van der Waals surface area contributed by atoms with E-state index in [1.165, 1.54) is 35.2 Å². The third kappa shape index (κ3) is 6.92. The molecule has 2 N–H and O–H groups in total. The normalized spacial score (nSPS) is 28.6. The Balaban J connectivity index is 0.972. The van der Waals surface area contributed by atoms with E-state index in [-0.39, 0.29) is 17.6 Å². The fourth-order valence-corrected chi connectivity index (χ4v) is 10.7. The van der Waals surface area contributed by atoms with Gasteiger partial charge >= 0.3 is 5.97 Å².